The zero-order valence-electron chi connectivity index (χ0n) is 13.4. The molecule has 0 fully saturated rings. The first-order valence-electron chi connectivity index (χ1n) is 7.46. The summed E-state index contributed by atoms with van der Waals surface area (Å²) in [6.45, 7) is 13.7. The van der Waals surface area contributed by atoms with Crippen molar-refractivity contribution in [3.05, 3.63) is 0 Å². The van der Waals surface area contributed by atoms with Gasteiger partial charge in [0.15, 0.2) is 0 Å². The summed E-state index contributed by atoms with van der Waals surface area (Å²) >= 11 is 0. The minimum absolute atomic E-state index is 0.290. The quantitative estimate of drug-likeness (QED) is 0.524. The normalized spacial score (nSPS) is 13.4. The molecule has 0 rings (SSSR count). The van der Waals surface area contributed by atoms with Crippen molar-refractivity contribution < 1.29 is 14.2 Å². The molecule has 0 bridgehead atoms. The van der Waals surface area contributed by atoms with Crippen molar-refractivity contribution in [3.8, 4) is 0 Å². The molecule has 0 radical (unpaired) electrons. The van der Waals surface area contributed by atoms with Crippen LogP contribution in [0.2, 0.25) is 0 Å². The maximum absolute atomic E-state index is 5.92. The summed E-state index contributed by atoms with van der Waals surface area (Å²) in [5.41, 5.74) is 0. The molecule has 0 saturated heterocycles. The zero-order chi connectivity index (χ0) is 14.5. The Morgan fingerprint density at radius 1 is 0.895 bits per heavy atom. The summed E-state index contributed by atoms with van der Waals surface area (Å²) in [7, 11) is 1.68. The van der Waals surface area contributed by atoms with Gasteiger partial charge in [-0.15, -0.1) is 0 Å². The van der Waals surface area contributed by atoms with Crippen LogP contribution in [0.25, 0.3) is 0 Å². The Hall–Kier alpha value is -0.160. The highest BCUT2D eigenvalue weighted by molar-refractivity contribution is 4.66. The molecule has 0 aliphatic rings. The maximum atomic E-state index is 5.92. The molecule has 1 atom stereocenters. The van der Waals surface area contributed by atoms with Crippen molar-refractivity contribution in [2.24, 2.45) is 11.8 Å². The van der Waals surface area contributed by atoms with Crippen molar-refractivity contribution in [3.63, 3.8) is 0 Å². The fraction of sp³-hybridized carbons (Fsp3) is 1.00. The molecule has 0 saturated carbocycles. The Kier molecular flexibility index (Phi) is 12.7. The Bertz CT molecular complexity index is 186. The summed E-state index contributed by atoms with van der Waals surface area (Å²) in [5, 5.41) is 3.46. The fourth-order valence-electron chi connectivity index (χ4n) is 1.64. The molecule has 4 nitrogen and oxygen atoms in total. The second-order valence-corrected chi connectivity index (χ2v) is 5.66. The lowest BCUT2D eigenvalue weighted by molar-refractivity contribution is 0.00417. The average Bonchev–Trinajstić information content (AvgIpc) is 2.34. The van der Waals surface area contributed by atoms with Crippen LogP contribution in [0.1, 0.15) is 34.1 Å². The molecule has 1 unspecified atom stereocenters. The van der Waals surface area contributed by atoms with Gasteiger partial charge >= 0.3 is 0 Å². The van der Waals surface area contributed by atoms with Gasteiger partial charge in [0.2, 0.25) is 0 Å². The van der Waals surface area contributed by atoms with Crippen LogP contribution < -0.4 is 5.32 Å². The topological polar surface area (TPSA) is 39.7 Å². The summed E-state index contributed by atoms with van der Waals surface area (Å²) in [6, 6.07) is 0. The van der Waals surface area contributed by atoms with Crippen LogP contribution in [0.4, 0.5) is 0 Å². The first kappa shape index (κ1) is 18.8. The lowest BCUT2D eigenvalue weighted by atomic mass is 10.1. The Balaban J connectivity index is 3.54. The molecular formula is C15H33NO3. The monoisotopic (exact) mass is 275 g/mol. The van der Waals surface area contributed by atoms with Gasteiger partial charge in [0.1, 0.15) is 0 Å². The highest BCUT2D eigenvalue weighted by Crippen LogP contribution is 2.06. The number of methoxy groups -OCH3 is 1. The van der Waals surface area contributed by atoms with Gasteiger partial charge < -0.3 is 19.5 Å². The largest absolute Gasteiger partial charge is 0.382 e. The van der Waals surface area contributed by atoms with E-state index in [9.17, 15) is 0 Å². The van der Waals surface area contributed by atoms with Crippen molar-refractivity contribution in [1.29, 1.82) is 0 Å². The summed E-state index contributed by atoms with van der Waals surface area (Å²) in [4.78, 5) is 0. The van der Waals surface area contributed by atoms with Gasteiger partial charge in [-0.1, -0.05) is 27.7 Å². The molecule has 19 heavy (non-hydrogen) atoms. The second kappa shape index (κ2) is 12.9. The molecular weight excluding hydrogens is 242 g/mol. The van der Waals surface area contributed by atoms with E-state index in [-0.39, 0.29) is 6.10 Å². The molecule has 0 amide bonds. The molecule has 0 heterocycles. The standard InChI is InChI=1S/C15H33NO3/c1-13(2)11-16-12-15(14(3)4)19-8-6-7-18-10-9-17-5/h13-16H,6-12H2,1-5H3. The van der Waals surface area contributed by atoms with E-state index in [2.05, 4.69) is 33.0 Å². The van der Waals surface area contributed by atoms with Gasteiger partial charge in [0, 0.05) is 26.9 Å². The van der Waals surface area contributed by atoms with Crippen LogP contribution in [-0.4, -0.2) is 52.7 Å². The third-order valence-electron chi connectivity index (χ3n) is 2.84. The summed E-state index contributed by atoms with van der Waals surface area (Å²) in [5.74, 6) is 1.22. The predicted molar refractivity (Wildman–Crippen MR) is 79.6 cm³/mol. The lowest BCUT2D eigenvalue weighted by Gasteiger charge is -2.22. The minimum Gasteiger partial charge on any atom is -0.382 e. The van der Waals surface area contributed by atoms with Crippen LogP contribution in [0, 0.1) is 11.8 Å². The van der Waals surface area contributed by atoms with Crippen LogP contribution in [0.5, 0.6) is 0 Å². The summed E-state index contributed by atoms with van der Waals surface area (Å²) in [6.07, 6.45) is 1.23. The highest BCUT2D eigenvalue weighted by atomic mass is 16.5. The van der Waals surface area contributed by atoms with E-state index in [0.29, 0.717) is 25.0 Å². The summed E-state index contributed by atoms with van der Waals surface area (Å²) < 4.78 is 16.2. The van der Waals surface area contributed by atoms with Gasteiger partial charge in [-0.3, -0.25) is 0 Å². The number of hydrogen-bond donors (Lipinski definition) is 1. The minimum atomic E-state index is 0.290. The van der Waals surface area contributed by atoms with Crippen molar-refractivity contribution in [2.45, 2.75) is 40.2 Å². The lowest BCUT2D eigenvalue weighted by Crippen LogP contribution is -2.35. The van der Waals surface area contributed by atoms with Crippen LogP contribution >= 0.6 is 0 Å². The third-order valence-corrected chi connectivity index (χ3v) is 2.84. The molecule has 4 heteroatoms. The van der Waals surface area contributed by atoms with Crippen molar-refractivity contribution in [1.82, 2.24) is 5.32 Å². The van der Waals surface area contributed by atoms with Crippen LogP contribution in [0.3, 0.4) is 0 Å². The first-order chi connectivity index (χ1) is 9.07. The van der Waals surface area contributed by atoms with E-state index in [1.54, 1.807) is 7.11 Å². The van der Waals surface area contributed by atoms with Crippen LogP contribution in [0.15, 0.2) is 0 Å². The van der Waals surface area contributed by atoms with E-state index in [0.717, 1.165) is 32.7 Å². The molecule has 0 aromatic heterocycles. The Labute approximate surface area is 119 Å². The van der Waals surface area contributed by atoms with Gasteiger partial charge in [-0.05, 0) is 24.8 Å². The molecule has 0 aliphatic heterocycles. The number of ether oxygens (including phenoxy) is 3. The smallest absolute Gasteiger partial charge is 0.0722 e. The Morgan fingerprint density at radius 3 is 2.21 bits per heavy atom. The Morgan fingerprint density at radius 2 is 1.63 bits per heavy atom. The van der Waals surface area contributed by atoms with E-state index < -0.39 is 0 Å². The highest BCUT2D eigenvalue weighted by Gasteiger charge is 2.13. The van der Waals surface area contributed by atoms with Gasteiger partial charge in [0.25, 0.3) is 0 Å². The van der Waals surface area contributed by atoms with Gasteiger partial charge in [-0.2, -0.15) is 0 Å². The van der Waals surface area contributed by atoms with Gasteiger partial charge in [-0.25, -0.2) is 0 Å². The molecule has 0 aliphatic carbocycles. The molecule has 1 N–H and O–H groups in total. The first-order valence-corrected chi connectivity index (χ1v) is 7.46. The number of hydrogen-bond acceptors (Lipinski definition) is 4. The number of rotatable bonds is 13. The molecule has 0 aromatic carbocycles. The van der Waals surface area contributed by atoms with Crippen LogP contribution in [-0.2, 0) is 14.2 Å². The fourth-order valence-corrected chi connectivity index (χ4v) is 1.64. The van der Waals surface area contributed by atoms with Gasteiger partial charge in [0.05, 0.1) is 19.3 Å². The zero-order valence-corrected chi connectivity index (χ0v) is 13.4. The number of nitrogens with one attached hydrogen (secondary N) is 1. The maximum Gasteiger partial charge on any atom is 0.0722 e. The molecule has 116 valence electrons. The van der Waals surface area contributed by atoms with E-state index in [4.69, 9.17) is 14.2 Å². The van der Waals surface area contributed by atoms with E-state index in [1.807, 2.05) is 0 Å². The third kappa shape index (κ3) is 12.6. The van der Waals surface area contributed by atoms with E-state index >= 15 is 0 Å². The van der Waals surface area contributed by atoms with E-state index in [1.165, 1.54) is 0 Å². The predicted octanol–water partition coefficient (Wildman–Crippen LogP) is 2.33. The van der Waals surface area contributed by atoms with Crippen molar-refractivity contribution in [2.75, 3.05) is 46.6 Å². The average molecular weight is 275 g/mol. The van der Waals surface area contributed by atoms with Crippen molar-refractivity contribution >= 4 is 0 Å². The SMILES string of the molecule is COCCOCCCOC(CNCC(C)C)C(C)C. The molecule has 0 spiro atoms. The molecule has 0 aromatic rings. The second-order valence-electron chi connectivity index (χ2n) is 5.66.